The van der Waals surface area contributed by atoms with E-state index in [9.17, 15) is 9.59 Å². The summed E-state index contributed by atoms with van der Waals surface area (Å²) in [6.07, 6.45) is 0.783. The Morgan fingerprint density at radius 1 is 1.06 bits per heavy atom. The van der Waals surface area contributed by atoms with Crippen molar-refractivity contribution >= 4 is 23.6 Å². The van der Waals surface area contributed by atoms with Gasteiger partial charge in [0.2, 0.25) is 5.91 Å². The molecule has 2 amide bonds. The number of rotatable bonds is 8. The van der Waals surface area contributed by atoms with Gasteiger partial charge in [-0.15, -0.1) is 11.8 Å². The molecule has 4 rings (SSSR count). The van der Waals surface area contributed by atoms with Gasteiger partial charge in [0.25, 0.3) is 5.91 Å². The maximum atomic E-state index is 12.9. The Labute approximate surface area is 199 Å². The van der Waals surface area contributed by atoms with Gasteiger partial charge in [0, 0.05) is 12.1 Å². The Morgan fingerprint density at radius 3 is 2.39 bits per heavy atom. The number of benzene rings is 3. The first-order valence-electron chi connectivity index (χ1n) is 11.1. The highest BCUT2D eigenvalue weighted by Crippen LogP contribution is 2.39. The van der Waals surface area contributed by atoms with Crippen LogP contribution in [0.15, 0.2) is 78.9 Å². The van der Waals surface area contributed by atoms with Gasteiger partial charge in [-0.2, -0.15) is 0 Å². The molecular formula is C27H28N2O3S. The molecule has 33 heavy (non-hydrogen) atoms. The fourth-order valence-electron chi connectivity index (χ4n) is 3.98. The highest BCUT2D eigenvalue weighted by atomic mass is 32.2. The van der Waals surface area contributed by atoms with Gasteiger partial charge in [0.1, 0.15) is 11.1 Å². The highest BCUT2D eigenvalue weighted by Gasteiger charge is 2.32. The summed E-state index contributed by atoms with van der Waals surface area (Å²) >= 11 is 1.63. The molecule has 3 aromatic carbocycles. The largest absolute Gasteiger partial charge is 0.497 e. The van der Waals surface area contributed by atoms with Crippen molar-refractivity contribution in [1.82, 2.24) is 10.2 Å². The molecule has 170 valence electrons. The third-order valence-electron chi connectivity index (χ3n) is 5.85. The van der Waals surface area contributed by atoms with Crippen LogP contribution in [0.5, 0.6) is 5.75 Å². The van der Waals surface area contributed by atoms with Gasteiger partial charge in [-0.05, 0) is 47.4 Å². The van der Waals surface area contributed by atoms with Crippen LogP contribution in [0.2, 0.25) is 0 Å². The predicted molar refractivity (Wildman–Crippen MR) is 132 cm³/mol. The fourth-order valence-corrected chi connectivity index (χ4v) is 5.17. The number of ether oxygens (including phenoxy) is 1. The molecule has 5 nitrogen and oxygen atoms in total. The number of hydrogen-bond acceptors (Lipinski definition) is 4. The van der Waals surface area contributed by atoms with Gasteiger partial charge < -0.3 is 15.0 Å². The molecule has 1 aliphatic rings. The molecule has 0 aromatic heterocycles. The van der Waals surface area contributed by atoms with Crippen molar-refractivity contribution in [3.05, 3.63) is 101 Å². The quantitative estimate of drug-likeness (QED) is 0.492. The summed E-state index contributed by atoms with van der Waals surface area (Å²) < 4.78 is 5.22. The molecule has 3 aromatic rings. The van der Waals surface area contributed by atoms with E-state index in [1.165, 1.54) is 0 Å². The van der Waals surface area contributed by atoms with Gasteiger partial charge in [-0.3, -0.25) is 9.59 Å². The van der Waals surface area contributed by atoms with Crippen LogP contribution < -0.4 is 10.1 Å². The van der Waals surface area contributed by atoms with Crippen molar-refractivity contribution in [2.24, 2.45) is 0 Å². The molecule has 0 spiro atoms. The van der Waals surface area contributed by atoms with Crippen LogP contribution in [0.4, 0.5) is 0 Å². The second kappa shape index (κ2) is 10.6. The van der Waals surface area contributed by atoms with Crippen LogP contribution >= 0.6 is 11.8 Å². The second-order valence-corrected chi connectivity index (χ2v) is 9.07. The van der Waals surface area contributed by atoms with Crippen molar-refractivity contribution in [2.75, 3.05) is 12.9 Å². The van der Waals surface area contributed by atoms with Crippen LogP contribution in [-0.4, -0.2) is 29.6 Å². The molecule has 6 heteroatoms. The third kappa shape index (κ3) is 5.40. The molecule has 1 saturated heterocycles. The Morgan fingerprint density at radius 2 is 1.76 bits per heavy atom. The van der Waals surface area contributed by atoms with Crippen LogP contribution in [0.1, 0.15) is 51.8 Å². The summed E-state index contributed by atoms with van der Waals surface area (Å²) in [5.74, 6) is 1.29. The lowest BCUT2D eigenvalue weighted by atomic mass is 10.0. The summed E-state index contributed by atoms with van der Waals surface area (Å²) in [6.45, 7) is 2.63. The van der Waals surface area contributed by atoms with Gasteiger partial charge in [0.15, 0.2) is 0 Å². The van der Waals surface area contributed by atoms with E-state index in [0.717, 1.165) is 28.9 Å². The van der Waals surface area contributed by atoms with Crippen molar-refractivity contribution in [1.29, 1.82) is 0 Å². The van der Waals surface area contributed by atoms with Gasteiger partial charge in [-0.25, -0.2) is 0 Å². The van der Waals surface area contributed by atoms with E-state index in [1.807, 2.05) is 90.7 Å². The Hall–Kier alpha value is -3.25. The topological polar surface area (TPSA) is 58.6 Å². The Kier molecular flexibility index (Phi) is 7.35. The van der Waals surface area contributed by atoms with E-state index in [-0.39, 0.29) is 23.2 Å². The first-order chi connectivity index (χ1) is 16.1. The minimum Gasteiger partial charge on any atom is -0.497 e. The van der Waals surface area contributed by atoms with E-state index >= 15 is 0 Å². The lowest BCUT2D eigenvalue weighted by Gasteiger charge is -2.24. The summed E-state index contributed by atoms with van der Waals surface area (Å²) in [7, 11) is 1.64. The van der Waals surface area contributed by atoms with Crippen molar-refractivity contribution in [3.8, 4) is 5.75 Å². The molecule has 0 bridgehead atoms. The summed E-state index contributed by atoms with van der Waals surface area (Å²) in [5.41, 5.74) is 3.79. The first kappa shape index (κ1) is 22.9. The van der Waals surface area contributed by atoms with Crippen LogP contribution in [-0.2, 0) is 11.3 Å². The molecular weight excluding hydrogens is 432 g/mol. The van der Waals surface area contributed by atoms with Crippen LogP contribution in [0.3, 0.4) is 0 Å². The summed E-state index contributed by atoms with van der Waals surface area (Å²) in [4.78, 5) is 27.3. The average molecular weight is 461 g/mol. The number of hydrogen-bond donors (Lipinski definition) is 1. The van der Waals surface area contributed by atoms with Crippen molar-refractivity contribution in [3.63, 3.8) is 0 Å². The zero-order chi connectivity index (χ0) is 23.2. The zero-order valence-electron chi connectivity index (χ0n) is 18.9. The number of carbonyl (C=O) groups excluding carboxylic acids is 2. The van der Waals surface area contributed by atoms with E-state index in [2.05, 4.69) is 5.32 Å². The number of thioether (sulfide) groups is 1. The van der Waals surface area contributed by atoms with Crippen molar-refractivity contribution in [2.45, 2.75) is 31.3 Å². The van der Waals surface area contributed by atoms with Crippen LogP contribution in [0, 0.1) is 0 Å². The summed E-state index contributed by atoms with van der Waals surface area (Å²) in [5, 5.41) is 3.08. The van der Waals surface area contributed by atoms with Crippen LogP contribution in [0.25, 0.3) is 0 Å². The lowest BCUT2D eigenvalue weighted by molar-refractivity contribution is -0.128. The minimum atomic E-state index is -0.111. The maximum Gasteiger partial charge on any atom is 0.251 e. The molecule has 0 unspecified atom stereocenters. The highest BCUT2D eigenvalue weighted by molar-refractivity contribution is 8.00. The van der Waals surface area contributed by atoms with Gasteiger partial charge in [-0.1, -0.05) is 61.5 Å². The molecule has 0 saturated carbocycles. The standard InChI is InChI=1S/C27H28N2O3S/c1-3-24(20-13-15-23(32-2)16-14-20)28-26(31)21-9-11-22(12-10-21)27-29(25(30)18-33-27)17-19-7-5-4-6-8-19/h4-16,24,27H,3,17-18H2,1-2H3,(H,28,31)/t24-,27-/m1/s1. The molecule has 1 N–H and O–H groups in total. The smallest absolute Gasteiger partial charge is 0.251 e. The number of amides is 2. The molecule has 1 aliphatic heterocycles. The predicted octanol–water partition coefficient (Wildman–Crippen LogP) is 5.35. The second-order valence-electron chi connectivity index (χ2n) is 8.00. The summed E-state index contributed by atoms with van der Waals surface area (Å²) in [6, 6.07) is 25.3. The normalized spacial score (nSPS) is 16.5. The van der Waals surface area contributed by atoms with Gasteiger partial charge >= 0.3 is 0 Å². The molecule has 0 aliphatic carbocycles. The average Bonchev–Trinajstić information content (AvgIpc) is 3.23. The monoisotopic (exact) mass is 460 g/mol. The first-order valence-corrected chi connectivity index (χ1v) is 12.1. The van der Waals surface area contributed by atoms with Crippen molar-refractivity contribution < 1.29 is 14.3 Å². The van der Waals surface area contributed by atoms with E-state index in [0.29, 0.717) is 17.9 Å². The molecule has 2 atom stereocenters. The number of nitrogens with zero attached hydrogens (tertiary/aromatic N) is 1. The number of nitrogens with one attached hydrogen (secondary N) is 1. The minimum absolute atomic E-state index is 0.0440. The Bertz CT molecular complexity index is 1080. The molecule has 0 radical (unpaired) electrons. The number of methoxy groups -OCH3 is 1. The number of carbonyl (C=O) groups is 2. The van der Waals surface area contributed by atoms with E-state index < -0.39 is 0 Å². The maximum absolute atomic E-state index is 12.9. The Balaban J connectivity index is 1.44. The SMILES string of the molecule is CC[C@@H](NC(=O)c1ccc([C@H]2SCC(=O)N2Cc2ccccc2)cc1)c1ccc(OC)cc1. The van der Waals surface area contributed by atoms with E-state index in [1.54, 1.807) is 18.9 Å². The molecule has 1 fully saturated rings. The lowest BCUT2D eigenvalue weighted by Crippen LogP contribution is -2.28. The van der Waals surface area contributed by atoms with E-state index in [4.69, 9.17) is 4.74 Å². The molecule has 1 heterocycles. The van der Waals surface area contributed by atoms with Gasteiger partial charge in [0.05, 0.1) is 18.9 Å². The zero-order valence-corrected chi connectivity index (χ0v) is 19.7. The fraction of sp³-hybridized carbons (Fsp3) is 0.259. The third-order valence-corrected chi connectivity index (χ3v) is 7.11.